The highest BCUT2D eigenvalue weighted by atomic mass is 16.1. The summed E-state index contributed by atoms with van der Waals surface area (Å²) in [5, 5.41) is 0. The first-order chi connectivity index (χ1) is 6.04. The summed E-state index contributed by atoms with van der Waals surface area (Å²) in [7, 11) is 0. The molecule has 0 fully saturated rings. The van der Waals surface area contributed by atoms with Crippen molar-refractivity contribution in [3.05, 3.63) is 29.3 Å². The van der Waals surface area contributed by atoms with Gasteiger partial charge in [-0.15, -0.1) is 0 Å². The van der Waals surface area contributed by atoms with Gasteiger partial charge in [0.05, 0.1) is 6.04 Å². The maximum absolute atomic E-state index is 11.5. The molecule has 1 atom stereocenters. The van der Waals surface area contributed by atoms with Crippen LogP contribution in [-0.4, -0.2) is 11.8 Å². The van der Waals surface area contributed by atoms with Gasteiger partial charge in [-0.1, -0.05) is 12.1 Å². The predicted octanol–water partition coefficient (Wildman–Crippen LogP) is 1.11. The minimum atomic E-state index is -0.472. The van der Waals surface area contributed by atoms with Crippen molar-refractivity contribution in [1.82, 2.24) is 0 Å². The third kappa shape index (κ3) is 1.87. The Morgan fingerprint density at radius 2 is 2.08 bits per heavy atom. The van der Waals surface area contributed by atoms with Crippen molar-refractivity contribution in [1.29, 1.82) is 0 Å². The van der Waals surface area contributed by atoms with E-state index in [-0.39, 0.29) is 5.78 Å². The Morgan fingerprint density at radius 3 is 2.62 bits per heavy atom. The monoisotopic (exact) mass is 178 g/mol. The van der Waals surface area contributed by atoms with Crippen molar-refractivity contribution in [3.63, 3.8) is 0 Å². The van der Waals surface area contributed by atoms with E-state index in [4.69, 9.17) is 11.5 Å². The van der Waals surface area contributed by atoms with Crippen LogP contribution in [0.25, 0.3) is 0 Å². The number of carbonyl (C=O) groups is 1. The fourth-order valence-corrected chi connectivity index (χ4v) is 1.17. The molecule has 70 valence electrons. The van der Waals surface area contributed by atoms with E-state index in [1.165, 1.54) is 0 Å². The first-order valence-electron chi connectivity index (χ1n) is 4.19. The normalized spacial score (nSPS) is 12.5. The van der Waals surface area contributed by atoms with E-state index < -0.39 is 6.04 Å². The third-order valence-corrected chi connectivity index (χ3v) is 2.05. The number of Topliss-reactive ketones (excluding diaryl/α,β-unsaturated/α-hetero) is 1. The molecule has 13 heavy (non-hydrogen) atoms. The van der Waals surface area contributed by atoms with Crippen molar-refractivity contribution in [3.8, 4) is 0 Å². The van der Waals surface area contributed by atoms with Crippen LogP contribution in [0.15, 0.2) is 18.2 Å². The van der Waals surface area contributed by atoms with Crippen LogP contribution in [0.1, 0.15) is 22.8 Å². The average molecular weight is 178 g/mol. The lowest BCUT2D eigenvalue weighted by Crippen LogP contribution is -2.27. The number of hydrogen-bond donors (Lipinski definition) is 2. The Balaban J connectivity index is 3.15. The molecular formula is C10H14N2O. The second-order valence-electron chi connectivity index (χ2n) is 3.17. The van der Waals surface area contributed by atoms with Crippen LogP contribution >= 0.6 is 0 Å². The van der Waals surface area contributed by atoms with E-state index in [0.717, 1.165) is 5.56 Å². The van der Waals surface area contributed by atoms with E-state index in [9.17, 15) is 4.79 Å². The highest BCUT2D eigenvalue weighted by molar-refractivity contribution is 6.01. The second kappa shape index (κ2) is 3.58. The fraction of sp³-hybridized carbons (Fsp3) is 0.300. The number of ketones is 1. The van der Waals surface area contributed by atoms with Crippen LogP contribution < -0.4 is 11.5 Å². The molecule has 0 aliphatic heterocycles. The maximum Gasteiger partial charge on any atom is 0.179 e. The first-order valence-corrected chi connectivity index (χ1v) is 4.19. The lowest BCUT2D eigenvalue weighted by molar-refractivity contribution is 0.0967. The molecule has 0 heterocycles. The Hall–Kier alpha value is -1.35. The quantitative estimate of drug-likeness (QED) is 0.526. The highest BCUT2D eigenvalue weighted by Gasteiger charge is 2.13. The molecule has 0 aromatic heterocycles. The second-order valence-corrected chi connectivity index (χ2v) is 3.17. The summed E-state index contributed by atoms with van der Waals surface area (Å²) in [4.78, 5) is 11.5. The Morgan fingerprint density at radius 1 is 1.46 bits per heavy atom. The SMILES string of the molecule is Cc1c(N)cccc1C(=O)[C@H](C)N. The molecule has 0 unspecified atom stereocenters. The molecular weight excluding hydrogens is 164 g/mol. The van der Waals surface area contributed by atoms with Crippen molar-refractivity contribution in [2.24, 2.45) is 5.73 Å². The van der Waals surface area contributed by atoms with Crippen LogP contribution in [0.2, 0.25) is 0 Å². The van der Waals surface area contributed by atoms with E-state index >= 15 is 0 Å². The molecule has 3 nitrogen and oxygen atoms in total. The molecule has 0 amide bonds. The third-order valence-electron chi connectivity index (χ3n) is 2.05. The molecule has 1 rings (SSSR count). The summed E-state index contributed by atoms with van der Waals surface area (Å²) in [6.45, 7) is 3.50. The molecule has 0 aliphatic rings. The number of nitrogen functional groups attached to an aromatic ring is 1. The largest absolute Gasteiger partial charge is 0.398 e. The van der Waals surface area contributed by atoms with Gasteiger partial charge >= 0.3 is 0 Å². The summed E-state index contributed by atoms with van der Waals surface area (Å²) in [5.41, 5.74) is 13.2. The summed E-state index contributed by atoms with van der Waals surface area (Å²) in [6, 6.07) is 4.81. The Kier molecular flexibility index (Phi) is 2.68. The van der Waals surface area contributed by atoms with E-state index in [2.05, 4.69) is 0 Å². The lowest BCUT2D eigenvalue weighted by Gasteiger charge is -2.09. The van der Waals surface area contributed by atoms with Gasteiger partial charge in [0.25, 0.3) is 0 Å². The Labute approximate surface area is 77.7 Å². The number of benzene rings is 1. The molecule has 0 saturated heterocycles. The predicted molar refractivity (Wildman–Crippen MR) is 53.6 cm³/mol. The number of anilines is 1. The topological polar surface area (TPSA) is 69.1 Å². The summed E-state index contributed by atoms with van der Waals surface area (Å²) in [6.07, 6.45) is 0. The minimum Gasteiger partial charge on any atom is -0.398 e. The zero-order valence-electron chi connectivity index (χ0n) is 7.87. The number of carbonyl (C=O) groups excluding carboxylic acids is 1. The molecule has 0 radical (unpaired) electrons. The first kappa shape index (κ1) is 9.74. The molecule has 0 saturated carbocycles. The van der Waals surface area contributed by atoms with Crippen LogP contribution in [0.3, 0.4) is 0 Å². The Bertz CT molecular complexity index is 332. The van der Waals surface area contributed by atoms with Gasteiger partial charge in [-0.2, -0.15) is 0 Å². The molecule has 0 spiro atoms. The molecule has 1 aromatic rings. The van der Waals surface area contributed by atoms with Gasteiger partial charge in [-0.05, 0) is 25.5 Å². The molecule has 3 heteroatoms. The van der Waals surface area contributed by atoms with Gasteiger partial charge in [-0.25, -0.2) is 0 Å². The minimum absolute atomic E-state index is 0.0650. The van der Waals surface area contributed by atoms with Crippen LogP contribution in [0.4, 0.5) is 5.69 Å². The number of rotatable bonds is 2. The van der Waals surface area contributed by atoms with Gasteiger partial charge in [0.1, 0.15) is 0 Å². The zero-order chi connectivity index (χ0) is 10.0. The standard InChI is InChI=1S/C10H14N2O/c1-6-8(10(13)7(2)11)4-3-5-9(6)12/h3-5,7H,11-12H2,1-2H3/t7-/m0/s1. The fourth-order valence-electron chi connectivity index (χ4n) is 1.17. The summed E-state index contributed by atoms with van der Waals surface area (Å²) >= 11 is 0. The smallest absolute Gasteiger partial charge is 0.179 e. The van der Waals surface area contributed by atoms with Crippen LogP contribution in [0, 0.1) is 6.92 Å². The van der Waals surface area contributed by atoms with Crippen LogP contribution in [0.5, 0.6) is 0 Å². The molecule has 4 N–H and O–H groups in total. The average Bonchev–Trinajstić information content (AvgIpc) is 2.08. The van der Waals surface area contributed by atoms with Gasteiger partial charge in [-0.3, -0.25) is 4.79 Å². The highest BCUT2D eigenvalue weighted by Crippen LogP contribution is 2.16. The van der Waals surface area contributed by atoms with Crippen molar-refractivity contribution in [2.75, 3.05) is 5.73 Å². The summed E-state index contributed by atoms with van der Waals surface area (Å²) < 4.78 is 0. The molecule has 1 aromatic carbocycles. The van der Waals surface area contributed by atoms with Crippen molar-refractivity contribution in [2.45, 2.75) is 19.9 Å². The van der Waals surface area contributed by atoms with Crippen LogP contribution in [-0.2, 0) is 0 Å². The van der Waals surface area contributed by atoms with E-state index in [1.54, 1.807) is 25.1 Å². The summed E-state index contributed by atoms with van der Waals surface area (Å²) in [5.74, 6) is -0.0650. The number of nitrogens with two attached hydrogens (primary N) is 2. The van der Waals surface area contributed by atoms with Gasteiger partial charge in [0, 0.05) is 11.3 Å². The van der Waals surface area contributed by atoms with Gasteiger partial charge in [0.15, 0.2) is 5.78 Å². The molecule has 0 bridgehead atoms. The lowest BCUT2D eigenvalue weighted by atomic mass is 10.00. The maximum atomic E-state index is 11.5. The van der Waals surface area contributed by atoms with E-state index in [1.807, 2.05) is 6.92 Å². The van der Waals surface area contributed by atoms with Crippen molar-refractivity contribution < 1.29 is 4.79 Å². The van der Waals surface area contributed by atoms with Gasteiger partial charge < -0.3 is 11.5 Å². The van der Waals surface area contributed by atoms with E-state index in [0.29, 0.717) is 11.3 Å². The van der Waals surface area contributed by atoms with Gasteiger partial charge in [0.2, 0.25) is 0 Å². The van der Waals surface area contributed by atoms with Crippen molar-refractivity contribution >= 4 is 11.5 Å². The number of hydrogen-bond acceptors (Lipinski definition) is 3. The zero-order valence-corrected chi connectivity index (χ0v) is 7.87. The molecule has 0 aliphatic carbocycles.